The van der Waals surface area contributed by atoms with E-state index >= 15 is 0 Å². The average molecular weight is 712 g/mol. The van der Waals surface area contributed by atoms with Crippen molar-refractivity contribution in [3.63, 3.8) is 0 Å². The third-order valence-corrected chi connectivity index (χ3v) is 12.2. The minimum Gasteiger partial charge on any atom is -0.481 e. The second-order valence-electron chi connectivity index (χ2n) is 14.2. The molecule has 45 heavy (non-hydrogen) atoms. The summed E-state index contributed by atoms with van der Waals surface area (Å²) < 4.78 is 0. The predicted molar refractivity (Wildman–Crippen MR) is 207 cm³/mol. The molecule has 0 atom stereocenters. The summed E-state index contributed by atoms with van der Waals surface area (Å²) in [5, 5.41) is 8.64. The molecule has 0 saturated heterocycles. The van der Waals surface area contributed by atoms with E-state index in [0.717, 1.165) is 25.3 Å². The number of rotatable bonds is 39. The molecule has 0 rings (SSSR count). The molecule has 0 aliphatic carbocycles. The Morgan fingerprint density at radius 2 is 0.467 bits per heavy atom. The van der Waals surface area contributed by atoms with Crippen LogP contribution >= 0.6 is 33.2 Å². The lowest BCUT2D eigenvalue weighted by Gasteiger charge is -2.07. The van der Waals surface area contributed by atoms with E-state index in [1.165, 1.54) is 212 Å². The van der Waals surface area contributed by atoms with Crippen LogP contribution in [-0.2, 0) is 4.79 Å². The summed E-state index contributed by atoms with van der Waals surface area (Å²) in [6.45, 7) is 0. The summed E-state index contributed by atoms with van der Waals surface area (Å²) in [5.41, 5.74) is 0. The van der Waals surface area contributed by atoms with Crippen molar-refractivity contribution in [2.75, 3.05) is 0 Å². The Morgan fingerprint density at radius 3 is 0.622 bits per heavy atom. The molecule has 6 heteroatoms. The number of unbranched alkanes of at least 4 members (excludes halogenated alkanes) is 35. The largest absolute Gasteiger partial charge is 0.481 e. The summed E-state index contributed by atoms with van der Waals surface area (Å²) in [5.74, 6) is -0.650. The van der Waals surface area contributed by atoms with Crippen LogP contribution in [0.4, 0.5) is 0 Å². The van der Waals surface area contributed by atoms with Gasteiger partial charge in [-0.05, 0) is 12.5 Å². The van der Waals surface area contributed by atoms with Crippen LogP contribution in [0.25, 0.3) is 0 Å². The van der Waals surface area contributed by atoms with Gasteiger partial charge in [0.2, 0.25) is 0 Å². The molecule has 0 aliphatic rings. The Labute approximate surface area is 297 Å². The van der Waals surface area contributed by atoms with E-state index in [1.807, 2.05) is 0 Å². The summed E-state index contributed by atoms with van der Waals surface area (Å²) in [7, 11) is 0. The van der Waals surface area contributed by atoms with Gasteiger partial charge >= 0.3 is 12.0 Å². The van der Waals surface area contributed by atoms with Crippen LogP contribution in [-0.4, -0.2) is 17.1 Å². The molecule has 0 unspecified atom stereocenters. The van der Waals surface area contributed by atoms with Gasteiger partial charge in [-0.2, -0.15) is 0 Å². The van der Waals surface area contributed by atoms with Gasteiger partial charge in [0.05, 0.1) is 0 Å². The topological polar surface area (TPSA) is 37.3 Å². The first-order chi connectivity index (χ1) is 21.9. The van der Waals surface area contributed by atoms with Gasteiger partial charge in [-0.1, -0.05) is 225 Å². The number of hydrogen-bond acceptors (Lipinski definition) is 1. The third-order valence-electron chi connectivity index (χ3n) is 9.60. The van der Waals surface area contributed by atoms with E-state index in [0.29, 0.717) is 6.42 Å². The molecule has 0 aromatic rings. The van der Waals surface area contributed by atoms with Crippen LogP contribution in [0.5, 0.6) is 0 Å². The number of carbonyl (C=O) groups is 1. The molecule has 0 saturated carbocycles. The van der Waals surface area contributed by atoms with Gasteiger partial charge in [0.25, 0.3) is 0 Å². The molecule has 1 N–H and O–H groups in total. The van der Waals surface area contributed by atoms with Crippen LogP contribution in [0, 0.1) is 0 Å². The first kappa shape index (κ1) is 45.6. The van der Waals surface area contributed by atoms with Crippen LogP contribution < -0.4 is 0 Å². The van der Waals surface area contributed by atoms with Crippen molar-refractivity contribution in [3.8, 4) is 0 Å². The van der Waals surface area contributed by atoms with Crippen LogP contribution in [0.2, 0.25) is 6.04 Å². The van der Waals surface area contributed by atoms with E-state index in [4.69, 9.17) is 38.3 Å². The van der Waals surface area contributed by atoms with Crippen LogP contribution in [0.15, 0.2) is 0 Å². The lowest BCUT2D eigenvalue weighted by Crippen LogP contribution is -2.07. The standard InChI is InChI=1S/C39H77Cl3O2Si/c40-45(41,42)38-36-34-32-30-28-26-24-22-20-18-16-14-12-10-8-6-4-2-1-3-5-7-9-11-13-15-17-19-21-23-25-27-29-31-33-35-37-39(43)44/h1-38H2,(H,43,44). The Kier molecular flexibility index (Phi) is 37.8. The van der Waals surface area contributed by atoms with Gasteiger partial charge in [0.1, 0.15) is 0 Å². The predicted octanol–water partition coefficient (Wildman–Crippen LogP) is 16.2. The second-order valence-corrected chi connectivity index (χ2v) is 23.5. The Balaban J connectivity index is 3.06. The normalized spacial score (nSPS) is 11.9. The highest BCUT2D eigenvalue weighted by Crippen LogP contribution is 2.27. The molecule has 0 bridgehead atoms. The maximum Gasteiger partial charge on any atom is 0.341 e. The van der Waals surface area contributed by atoms with E-state index < -0.39 is 12.0 Å². The van der Waals surface area contributed by atoms with E-state index in [9.17, 15) is 4.79 Å². The molecule has 0 amide bonds. The van der Waals surface area contributed by atoms with Gasteiger partial charge in [-0.15, -0.1) is 33.2 Å². The van der Waals surface area contributed by atoms with Gasteiger partial charge in [0, 0.05) is 6.42 Å². The van der Waals surface area contributed by atoms with Crippen molar-refractivity contribution in [1.29, 1.82) is 0 Å². The monoisotopic (exact) mass is 710 g/mol. The molecule has 0 aliphatic heterocycles. The quantitative estimate of drug-likeness (QED) is 0.0391. The van der Waals surface area contributed by atoms with E-state index in [2.05, 4.69) is 0 Å². The molecular weight excluding hydrogens is 635 g/mol. The van der Waals surface area contributed by atoms with Crippen molar-refractivity contribution in [2.45, 2.75) is 244 Å². The van der Waals surface area contributed by atoms with Gasteiger partial charge in [-0.25, -0.2) is 0 Å². The summed E-state index contributed by atoms with van der Waals surface area (Å²) in [6, 6.07) is -1.55. The number of aliphatic carboxylic acids is 1. The second kappa shape index (κ2) is 37.4. The first-order valence-electron chi connectivity index (χ1n) is 20.2. The number of hydrogen-bond donors (Lipinski definition) is 1. The third kappa shape index (κ3) is 44.6. The molecule has 270 valence electrons. The molecule has 0 aromatic carbocycles. The van der Waals surface area contributed by atoms with Crippen LogP contribution in [0.1, 0.15) is 238 Å². The van der Waals surface area contributed by atoms with Gasteiger partial charge in [0.15, 0.2) is 0 Å². The fraction of sp³-hybridized carbons (Fsp3) is 0.974. The highest BCUT2D eigenvalue weighted by molar-refractivity contribution is 7.64. The lowest BCUT2D eigenvalue weighted by atomic mass is 10.0. The van der Waals surface area contributed by atoms with Crippen molar-refractivity contribution >= 4 is 45.2 Å². The Bertz CT molecular complexity index is 585. The molecular formula is C39H77Cl3O2Si. The summed E-state index contributed by atoms with van der Waals surface area (Å²) in [6.07, 6.45) is 50.0. The maximum atomic E-state index is 10.5. The van der Waals surface area contributed by atoms with E-state index in [1.54, 1.807) is 0 Å². The maximum absolute atomic E-state index is 10.5. The summed E-state index contributed by atoms with van der Waals surface area (Å²) in [4.78, 5) is 10.5. The zero-order chi connectivity index (χ0) is 32.9. The first-order valence-corrected chi connectivity index (χ1v) is 25.4. The molecule has 2 nitrogen and oxygen atoms in total. The molecule has 0 spiro atoms. The summed E-state index contributed by atoms with van der Waals surface area (Å²) >= 11 is 17.8. The Morgan fingerprint density at radius 1 is 0.311 bits per heavy atom. The fourth-order valence-corrected chi connectivity index (χ4v) is 8.47. The van der Waals surface area contributed by atoms with E-state index in [-0.39, 0.29) is 0 Å². The van der Waals surface area contributed by atoms with Crippen molar-refractivity contribution in [2.24, 2.45) is 0 Å². The van der Waals surface area contributed by atoms with Gasteiger partial charge in [-0.3, -0.25) is 4.79 Å². The lowest BCUT2D eigenvalue weighted by molar-refractivity contribution is -0.137. The van der Waals surface area contributed by atoms with Crippen LogP contribution in [0.3, 0.4) is 0 Å². The fourth-order valence-electron chi connectivity index (χ4n) is 6.61. The molecule has 0 radical (unpaired) electrons. The van der Waals surface area contributed by atoms with Crippen molar-refractivity contribution in [3.05, 3.63) is 0 Å². The number of carboxylic acid groups (broad SMARTS) is 1. The minimum absolute atomic E-state index is 0.343. The van der Waals surface area contributed by atoms with Crippen molar-refractivity contribution < 1.29 is 9.90 Å². The molecule has 0 heterocycles. The molecule has 0 fully saturated rings. The average Bonchev–Trinajstić information content (AvgIpc) is 2.99. The number of halogens is 3. The number of carboxylic acids is 1. The molecule has 0 aromatic heterocycles. The highest BCUT2D eigenvalue weighted by Gasteiger charge is 2.23. The zero-order valence-electron chi connectivity index (χ0n) is 29.9. The highest BCUT2D eigenvalue weighted by atomic mass is 35.8. The Hall–Kier alpha value is 0.557. The zero-order valence-corrected chi connectivity index (χ0v) is 33.1. The van der Waals surface area contributed by atoms with Gasteiger partial charge < -0.3 is 5.11 Å². The SMILES string of the molecule is O=C(O)CCCCCCCCCCCCCCCCCCCCCCCCCCCCCCCCCCCCCC[Si](Cl)(Cl)Cl. The van der Waals surface area contributed by atoms with Crippen molar-refractivity contribution in [1.82, 2.24) is 0 Å². The minimum atomic E-state index is -2.37. The smallest absolute Gasteiger partial charge is 0.341 e.